The first kappa shape index (κ1) is 10.8. The normalized spacial score (nSPS) is 12.5. The third-order valence-electron chi connectivity index (χ3n) is 2.07. The van der Waals surface area contributed by atoms with Crippen LogP contribution in [0.1, 0.15) is 25.6 Å². The van der Waals surface area contributed by atoms with Gasteiger partial charge in [-0.05, 0) is 26.0 Å². The number of nitrogens with zero attached hydrogens (tertiary/aromatic N) is 1. The fourth-order valence-electron chi connectivity index (χ4n) is 1.32. The Labute approximate surface area is 83.1 Å². The summed E-state index contributed by atoms with van der Waals surface area (Å²) in [5.41, 5.74) is 0.713. The molecule has 1 rings (SSSR count). The van der Waals surface area contributed by atoms with Gasteiger partial charge in [-0.25, -0.2) is 4.79 Å². The van der Waals surface area contributed by atoms with Crippen molar-refractivity contribution in [3.8, 4) is 0 Å². The number of ether oxygens (including phenoxy) is 1. The monoisotopic (exact) mass is 197 g/mol. The molecule has 4 heteroatoms. The second-order valence-electron chi connectivity index (χ2n) is 2.99. The van der Waals surface area contributed by atoms with Gasteiger partial charge in [0.25, 0.3) is 0 Å². The first-order valence-electron chi connectivity index (χ1n) is 4.64. The quantitative estimate of drug-likeness (QED) is 0.735. The van der Waals surface area contributed by atoms with Crippen molar-refractivity contribution in [2.75, 3.05) is 6.61 Å². The number of hydrogen-bond acceptors (Lipinski definition) is 3. The van der Waals surface area contributed by atoms with Gasteiger partial charge >= 0.3 is 5.97 Å². The van der Waals surface area contributed by atoms with Crippen LogP contribution in [0.5, 0.6) is 0 Å². The molecule has 0 bridgehead atoms. The van der Waals surface area contributed by atoms with Gasteiger partial charge in [0.15, 0.2) is 0 Å². The van der Waals surface area contributed by atoms with E-state index in [9.17, 15) is 4.79 Å². The van der Waals surface area contributed by atoms with E-state index in [0.29, 0.717) is 12.3 Å². The molecular weight excluding hydrogens is 182 g/mol. The summed E-state index contributed by atoms with van der Waals surface area (Å²) in [6.07, 6.45) is 1.76. The number of aliphatic hydroxyl groups is 1. The van der Waals surface area contributed by atoms with Gasteiger partial charge in [0, 0.05) is 11.9 Å². The molecule has 0 saturated heterocycles. The van der Waals surface area contributed by atoms with Gasteiger partial charge in [-0.2, -0.15) is 0 Å². The van der Waals surface area contributed by atoms with Crippen molar-refractivity contribution in [1.82, 2.24) is 4.57 Å². The fourth-order valence-corrected chi connectivity index (χ4v) is 1.32. The molecule has 78 valence electrons. The lowest BCUT2D eigenvalue weighted by Crippen LogP contribution is -2.20. The van der Waals surface area contributed by atoms with Crippen molar-refractivity contribution in [3.63, 3.8) is 0 Å². The van der Waals surface area contributed by atoms with Crippen molar-refractivity contribution >= 4 is 5.97 Å². The average molecular weight is 197 g/mol. The SMILES string of the molecule is CCOC(=O)[C@H](C)n1cccc1CO. The molecule has 0 unspecified atom stereocenters. The predicted molar refractivity (Wildman–Crippen MR) is 51.7 cm³/mol. The summed E-state index contributed by atoms with van der Waals surface area (Å²) >= 11 is 0. The highest BCUT2D eigenvalue weighted by Crippen LogP contribution is 2.13. The van der Waals surface area contributed by atoms with Crippen molar-refractivity contribution in [2.24, 2.45) is 0 Å². The molecule has 4 nitrogen and oxygen atoms in total. The Balaban J connectivity index is 2.77. The summed E-state index contributed by atoms with van der Waals surface area (Å²) in [6.45, 7) is 3.82. The van der Waals surface area contributed by atoms with E-state index in [0.717, 1.165) is 0 Å². The lowest BCUT2D eigenvalue weighted by atomic mass is 10.3. The lowest BCUT2D eigenvalue weighted by Gasteiger charge is -2.14. The third-order valence-corrected chi connectivity index (χ3v) is 2.07. The molecule has 0 fully saturated rings. The van der Waals surface area contributed by atoms with Crippen LogP contribution in [0.3, 0.4) is 0 Å². The van der Waals surface area contributed by atoms with Gasteiger partial charge < -0.3 is 14.4 Å². The topological polar surface area (TPSA) is 51.5 Å². The molecule has 0 aliphatic heterocycles. The summed E-state index contributed by atoms with van der Waals surface area (Å²) in [6, 6.07) is 3.18. The molecule has 0 amide bonds. The standard InChI is InChI=1S/C10H15NO3/c1-3-14-10(13)8(2)11-6-4-5-9(11)7-12/h4-6,8,12H,3,7H2,1-2H3/t8-/m0/s1. The Kier molecular flexibility index (Phi) is 3.71. The van der Waals surface area contributed by atoms with Crippen molar-refractivity contribution < 1.29 is 14.6 Å². The van der Waals surface area contributed by atoms with E-state index in [1.807, 2.05) is 0 Å². The number of hydrogen-bond donors (Lipinski definition) is 1. The third kappa shape index (κ3) is 2.14. The van der Waals surface area contributed by atoms with Crippen LogP contribution in [0.4, 0.5) is 0 Å². The smallest absolute Gasteiger partial charge is 0.328 e. The highest BCUT2D eigenvalue weighted by molar-refractivity contribution is 5.73. The van der Waals surface area contributed by atoms with Crippen molar-refractivity contribution in [2.45, 2.75) is 26.5 Å². The first-order valence-corrected chi connectivity index (χ1v) is 4.64. The van der Waals surface area contributed by atoms with Gasteiger partial charge in [-0.1, -0.05) is 0 Å². The fraction of sp³-hybridized carbons (Fsp3) is 0.500. The van der Waals surface area contributed by atoms with Crippen LogP contribution in [0, 0.1) is 0 Å². The summed E-state index contributed by atoms with van der Waals surface area (Å²) in [4.78, 5) is 11.4. The van der Waals surface area contributed by atoms with E-state index in [2.05, 4.69) is 0 Å². The van der Waals surface area contributed by atoms with Gasteiger partial charge in [-0.15, -0.1) is 0 Å². The van der Waals surface area contributed by atoms with Crippen LogP contribution in [-0.2, 0) is 16.1 Å². The maximum atomic E-state index is 11.4. The minimum atomic E-state index is -0.382. The zero-order valence-electron chi connectivity index (χ0n) is 8.43. The van der Waals surface area contributed by atoms with E-state index in [-0.39, 0.29) is 18.6 Å². The molecule has 1 aromatic heterocycles. The molecule has 0 saturated carbocycles. The van der Waals surface area contributed by atoms with E-state index >= 15 is 0 Å². The van der Waals surface area contributed by atoms with E-state index in [1.165, 1.54) is 0 Å². The summed E-state index contributed by atoms with van der Waals surface area (Å²) in [7, 11) is 0. The van der Waals surface area contributed by atoms with Gasteiger partial charge in [0.2, 0.25) is 0 Å². The summed E-state index contributed by atoms with van der Waals surface area (Å²) in [5, 5.41) is 8.99. The Morgan fingerprint density at radius 3 is 3.00 bits per heavy atom. The second kappa shape index (κ2) is 4.81. The molecule has 1 atom stereocenters. The molecule has 1 aromatic rings. The zero-order valence-corrected chi connectivity index (χ0v) is 8.43. The van der Waals surface area contributed by atoms with Crippen LogP contribution in [0.2, 0.25) is 0 Å². The number of carbonyl (C=O) groups excluding carboxylic acids is 1. The number of aliphatic hydroxyl groups excluding tert-OH is 1. The van der Waals surface area contributed by atoms with E-state index < -0.39 is 0 Å². The largest absolute Gasteiger partial charge is 0.464 e. The summed E-state index contributed by atoms with van der Waals surface area (Å²) < 4.78 is 6.59. The van der Waals surface area contributed by atoms with E-state index in [1.54, 1.807) is 36.7 Å². The van der Waals surface area contributed by atoms with Gasteiger partial charge in [-0.3, -0.25) is 0 Å². The number of carbonyl (C=O) groups is 1. The highest BCUT2D eigenvalue weighted by Gasteiger charge is 2.17. The molecule has 14 heavy (non-hydrogen) atoms. The van der Waals surface area contributed by atoms with Gasteiger partial charge in [0.1, 0.15) is 6.04 Å². The molecule has 1 N–H and O–H groups in total. The highest BCUT2D eigenvalue weighted by atomic mass is 16.5. The maximum absolute atomic E-state index is 11.4. The first-order chi connectivity index (χ1) is 6.70. The van der Waals surface area contributed by atoms with Crippen LogP contribution >= 0.6 is 0 Å². The van der Waals surface area contributed by atoms with Crippen molar-refractivity contribution in [3.05, 3.63) is 24.0 Å². The average Bonchev–Trinajstić information content (AvgIpc) is 2.64. The maximum Gasteiger partial charge on any atom is 0.328 e. The van der Waals surface area contributed by atoms with Crippen LogP contribution in [0.25, 0.3) is 0 Å². The second-order valence-corrected chi connectivity index (χ2v) is 2.99. The minimum absolute atomic E-state index is 0.0727. The molecule has 0 radical (unpaired) electrons. The number of rotatable bonds is 4. The van der Waals surface area contributed by atoms with Crippen LogP contribution in [-0.4, -0.2) is 22.2 Å². The molecule has 0 aromatic carbocycles. The Morgan fingerprint density at radius 1 is 1.71 bits per heavy atom. The Bertz CT molecular complexity index is 306. The Hall–Kier alpha value is -1.29. The number of esters is 1. The van der Waals surface area contributed by atoms with Crippen LogP contribution < -0.4 is 0 Å². The number of aromatic nitrogens is 1. The van der Waals surface area contributed by atoms with Crippen molar-refractivity contribution in [1.29, 1.82) is 0 Å². The van der Waals surface area contributed by atoms with E-state index in [4.69, 9.17) is 9.84 Å². The molecule has 0 aliphatic rings. The lowest BCUT2D eigenvalue weighted by molar-refractivity contribution is -0.146. The molecule has 0 spiro atoms. The molecule has 1 heterocycles. The summed E-state index contributed by atoms with van der Waals surface area (Å²) in [5.74, 6) is -0.279. The van der Waals surface area contributed by atoms with Gasteiger partial charge in [0.05, 0.1) is 13.2 Å². The predicted octanol–water partition coefficient (Wildman–Crippen LogP) is 1.10. The minimum Gasteiger partial charge on any atom is -0.464 e. The Morgan fingerprint density at radius 2 is 2.43 bits per heavy atom. The molecule has 0 aliphatic carbocycles. The zero-order chi connectivity index (χ0) is 10.6. The van der Waals surface area contributed by atoms with Crippen LogP contribution in [0.15, 0.2) is 18.3 Å². The molecular formula is C10H15NO3.